The second kappa shape index (κ2) is 7.00. The van der Waals surface area contributed by atoms with Crippen LogP contribution in [-0.4, -0.2) is 34.5 Å². The summed E-state index contributed by atoms with van der Waals surface area (Å²) >= 11 is 0. The molecule has 0 aliphatic heterocycles. The zero-order chi connectivity index (χ0) is 15.3. The number of hydrogen-bond donors (Lipinski definition) is 1. The third-order valence-electron chi connectivity index (χ3n) is 3.47. The van der Waals surface area contributed by atoms with Crippen LogP contribution in [-0.2, 0) is 4.79 Å². The number of benzene rings is 1. The SMILES string of the molecule is Cc1ccc(C(C)N(C)CCCC(=O)O)cc1[N+](=O)[O-]. The summed E-state index contributed by atoms with van der Waals surface area (Å²) in [4.78, 5) is 23.0. The Balaban J connectivity index is 2.76. The molecule has 6 heteroatoms. The predicted molar refractivity (Wildman–Crippen MR) is 75.7 cm³/mol. The van der Waals surface area contributed by atoms with Gasteiger partial charge in [-0.3, -0.25) is 19.8 Å². The lowest BCUT2D eigenvalue weighted by Crippen LogP contribution is -2.24. The zero-order valence-electron chi connectivity index (χ0n) is 12.0. The highest BCUT2D eigenvalue weighted by atomic mass is 16.6. The van der Waals surface area contributed by atoms with E-state index in [0.29, 0.717) is 18.5 Å². The fourth-order valence-corrected chi connectivity index (χ4v) is 2.01. The van der Waals surface area contributed by atoms with Gasteiger partial charge in [-0.15, -0.1) is 0 Å². The molecule has 0 fully saturated rings. The lowest BCUT2D eigenvalue weighted by molar-refractivity contribution is -0.385. The van der Waals surface area contributed by atoms with E-state index in [0.717, 1.165) is 5.56 Å². The largest absolute Gasteiger partial charge is 0.481 e. The van der Waals surface area contributed by atoms with Crippen LogP contribution in [0.4, 0.5) is 5.69 Å². The van der Waals surface area contributed by atoms with E-state index in [1.165, 1.54) is 0 Å². The number of nitro groups is 1. The molecule has 20 heavy (non-hydrogen) atoms. The van der Waals surface area contributed by atoms with Crippen molar-refractivity contribution in [3.05, 3.63) is 39.4 Å². The number of hydrogen-bond acceptors (Lipinski definition) is 4. The van der Waals surface area contributed by atoms with Gasteiger partial charge in [-0.1, -0.05) is 12.1 Å². The molecule has 0 spiro atoms. The highest BCUT2D eigenvalue weighted by molar-refractivity contribution is 5.66. The molecule has 110 valence electrons. The first kappa shape index (κ1) is 16.1. The van der Waals surface area contributed by atoms with Crippen LogP contribution in [0.15, 0.2) is 18.2 Å². The molecule has 0 bridgehead atoms. The Labute approximate surface area is 118 Å². The maximum absolute atomic E-state index is 10.9. The summed E-state index contributed by atoms with van der Waals surface area (Å²) in [5.74, 6) is -0.808. The number of carboxylic acids is 1. The number of nitro benzene ring substituents is 1. The van der Waals surface area contributed by atoms with Crippen molar-refractivity contribution in [2.45, 2.75) is 32.7 Å². The van der Waals surface area contributed by atoms with Crippen molar-refractivity contribution in [3.63, 3.8) is 0 Å². The standard InChI is InChI=1S/C14H20N2O4/c1-10-6-7-12(9-13(10)16(19)20)11(2)15(3)8-4-5-14(17)18/h6-7,9,11H,4-5,8H2,1-3H3,(H,17,18). The van der Waals surface area contributed by atoms with Gasteiger partial charge in [0.1, 0.15) is 0 Å². The van der Waals surface area contributed by atoms with Gasteiger partial charge in [0.05, 0.1) is 4.92 Å². The van der Waals surface area contributed by atoms with Gasteiger partial charge in [0.15, 0.2) is 0 Å². The van der Waals surface area contributed by atoms with E-state index in [2.05, 4.69) is 0 Å². The van der Waals surface area contributed by atoms with Crippen molar-refractivity contribution in [1.29, 1.82) is 0 Å². The Kier molecular flexibility index (Phi) is 5.64. The quantitative estimate of drug-likeness (QED) is 0.613. The molecule has 0 saturated heterocycles. The van der Waals surface area contributed by atoms with E-state index < -0.39 is 5.97 Å². The summed E-state index contributed by atoms with van der Waals surface area (Å²) in [6.45, 7) is 4.30. The van der Waals surface area contributed by atoms with Crippen molar-refractivity contribution in [2.75, 3.05) is 13.6 Å². The van der Waals surface area contributed by atoms with E-state index in [4.69, 9.17) is 5.11 Å². The number of carbonyl (C=O) groups is 1. The molecular formula is C14H20N2O4. The molecule has 1 unspecified atom stereocenters. The van der Waals surface area contributed by atoms with Gasteiger partial charge in [-0.2, -0.15) is 0 Å². The van der Waals surface area contributed by atoms with Gasteiger partial charge in [0, 0.05) is 24.1 Å². The topological polar surface area (TPSA) is 83.7 Å². The molecule has 0 radical (unpaired) electrons. The van der Waals surface area contributed by atoms with E-state index in [1.54, 1.807) is 19.1 Å². The highest BCUT2D eigenvalue weighted by Crippen LogP contribution is 2.26. The normalized spacial score (nSPS) is 12.4. The summed E-state index contributed by atoms with van der Waals surface area (Å²) in [5, 5.41) is 19.6. The van der Waals surface area contributed by atoms with Crippen LogP contribution < -0.4 is 0 Å². The van der Waals surface area contributed by atoms with Crippen LogP contribution >= 0.6 is 0 Å². The molecule has 0 saturated carbocycles. The highest BCUT2D eigenvalue weighted by Gasteiger charge is 2.17. The molecule has 1 aromatic rings. The molecule has 0 amide bonds. The molecule has 6 nitrogen and oxygen atoms in total. The van der Waals surface area contributed by atoms with Crippen LogP contribution in [0.25, 0.3) is 0 Å². The molecule has 0 aromatic heterocycles. The monoisotopic (exact) mass is 280 g/mol. The lowest BCUT2D eigenvalue weighted by Gasteiger charge is -2.24. The summed E-state index contributed by atoms with van der Waals surface area (Å²) in [7, 11) is 1.89. The lowest BCUT2D eigenvalue weighted by atomic mass is 10.0. The Bertz CT molecular complexity index is 502. The molecule has 1 N–H and O–H groups in total. The average Bonchev–Trinajstić information content (AvgIpc) is 2.37. The summed E-state index contributed by atoms with van der Waals surface area (Å²) in [5.41, 5.74) is 1.62. The van der Waals surface area contributed by atoms with E-state index in [1.807, 2.05) is 24.9 Å². The van der Waals surface area contributed by atoms with Crippen molar-refractivity contribution >= 4 is 11.7 Å². The van der Waals surface area contributed by atoms with Crippen LogP contribution in [0.5, 0.6) is 0 Å². The molecule has 1 rings (SSSR count). The Morgan fingerprint density at radius 2 is 2.15 bits per heavy atom. The summed E-state index contributed by atoms with van der Waals surface area (Å²) in [6, 6.07) is 5.21. The van der Waals surface area contributed by atoms with Gasteiger partial charge in [0.25, 0.3) is 5.69 Å². The predicted octanol–water partition coefficient (Wildman–Crippen LogP) is 2.76. The molecule has 0 heterocycles. The van der Waals surface area contributed by atoms with Gasteiger partial charge in [0.2, 0.25) is 0 Å². The van der Waals surface area contributed by atoms with Crippen molar-refractivity contribution < 1.29 is 14.8 Å². The fourth-order valence-electron chi connectivity index (χ4n) is 2.01. The maximum Gasteiger partial charge on any atom is 0.303 e. The number of nitrogens with zero attached hydrogens (tertiary/aromatic N) is 2. The Hall–Kier alpha value is -1.95. The van der Waals surface area contributed by atoms with Gasteiger partial charge >= 0.3 is 5.97 Å². The molecule has 1 atom stereocenters. The summed E-state index contributed by atoms with van der Waals surface area (Å²) < 4.78 is 0. The van der Waals surface area contributed by atoms with Crippen LogP contribution in [0.3, 0.4) is 0 Å². The van der Waals surface area contributed by atoms with E-state index in [9.17, 15) is 14.9 Å². The molecular weight excluding hydrogens is 260 g/mol. The second-order valence-electron chi connectivity index (χ2n) is 4.96. The molecule has 0 aliphatic rings. The minimum Gasteiger partial charge on any atom is -0.481 e. The second-order valence-corrected chi connectivity index (χ2v) is 4.96. The maximum atomic E-state index is 10.9. The van der Waals surface area contributed by atoms with Crippen molar-refractivity contribution in [3.8, 4) is 0 Å². The first-order valence-corrected chi connectivity index (χ1v) is 6.50. The number of aliphatic carboxylic acids is 1. The van der Waals surface area contributed by atoms with Crippen LogP contribution in [0, 0.1) is 17.0 Å². The summed E-state index contributed by atoms with van der Waals surface area (Å²) in [6.07, 6.45) is 0.690. The van der Waals surface area contributed by atoms with Gasteiger partial charge in [-0.25, -0.2) is 0 Å². The minimum atomic E-state index is -0.808. The van der Waals surface area contributed by atoms with Crippen molar-refractivity contribution in [1.82, 2.24) is 4.90 Å². The van der Waals surface area contributed by atoms with Gasteiger partial charge < -0.3 is 5.11 Å². The Morgan fingerprint density at radius 1 is 1.50 bits per heavy atom. The number of carboxylic acid groups (broad SMARTS) is 1. The zero-order valence-corrected chi connectivity index (χ0v) is 12.0. The Morgan fingerprint density at radius 3 is 2.70 bits per heavy atom. The van der Waals surface area contributed by atoms with E-state index >= 15 is 0 Å². The number of rotatable bonds is 7. The van der Waals surface area contributed by atoms with E-state index in [-0.39, 0.29) is 23.1 Å². The third kappa shape index (κ3) is 4.31. The smallest absolute Gasteiger partial charge is 0.303 e. The van der Waals surface area contributed by atoms with Crippen molar-refractivity contribution in [2.24, 2.45) is 0 Å². The molecule has 1 aromatic carbocycles. The fraction of sp³-hybridized carbons (Fsp3) is 0.500. The van der Waals surface area contributed by atoms with Crippen LogP contribution in [0.1, 0.15) is 36.9 Å². The number of aryl methyl sites for hydroxylation is 1. The third-order valence-corrected chi connectivity index (χ3v) is 3.47. The molecule has 0 aliphatic carbocycles. The van der Waals surface area contributed by atoms with Crippen LogP contribution in [0.2, 0.25) is 0 Å². The first-order valence-electron chi connectivity index (χ1n) is 6.50. The average molecular weight is 280 g/mol. The minimum absolute atomic E-state index is 0.00287. The first-order chi connectivity index (χ1) is 9.32. The van der Waals surface area contributed by atoms with Gasteiger partial charge in [-0.05, 0) is 39.4 Å².